The number of nitrogens with one attached hydrogen (secondary N) is 2. The first-order chi connectivity index (χ1) is 11.4. The molecule has 0 aliphatic heterocycles. The highest BCUT2D eigenvalue weighted by atomic mass is 16.2. The minimum Gasteiger partial charge on any atom is -0.348 e. The Labute approximate surface area is 139 Å². The zero-order valence-electron chi connectivity index (χ0n) is 13.8. The highest BCUT2D eigenvalue weighted by molar-refractivity contribution is 5.76. The molecular formula is C18H21N3O3. The minimum atomic E-state index is -0.581. The van der Waals surface area contributed by atoms with E-state index < -0.39 is 11.2 Å². The summed E-state index contributed by atoms with van der Waals surface area (Å²) in [4.78, 5) is 37.2. The number of nitrogens with zero attached hydrogens (tertiary/aromatic N) is 1. The Hall–Kier alpha value is -2.63. The van der Waals surface area contributed by atoms with Crippen LogP contribution in [0.4, 0.5) is 0 Å². The summed E-state index contributed by atoms with van der Waals surface area (Å²) in [5, 5.41) is 3.01. The molecule has 1 heterocycles. The van der Waals surface area contributed by atoms with Crippen molar-refractivity contribution in [3.8, 4) is 0 Å². The number of aromatic nitrogens is 2. The Morgan fingerprint density at radius 3 is 2.79 bits per heavy atom. The predicted octanol–water partition coefficient (Wildman–Crippen LogP) is 1.47. The van der Waals surface area contributed by atoms with E-state index in [1.807, 2.05) is 18.2 Å². The fourth-order valence-corrected chi connectivity index (χ4v) is 3.33. The Kier molecular flexibility index (Phi) is 4.13. The van der Waals surface area contributed by atoms with Gasteiger partial charge in [-0.2, -0.15) is 0 Å². The molecule has 1 aliphatic rings. The third kappa shape index (κ3) is 3.18. The summed E-state index contributed by atoms with van der Waals surface area (Å²) >= 11 is 0. The first-order valence-corrected chi connectivity index (χ1v) is 8.05. The molecule has 0 fully saturated rings. The van der Waals surface area contributed by atoms with Crippen molar-refractivity contribution in [3.05, 3.63) is 68.5 Å². The molecule has 126 valence electrons. The highest BCUT2D eigenvalue weighted by Crippen LogP contribution is 2.41. The number of aromatic amines is 1. The van der Waals surface area contributed by atoms with Crippen LogP contribution in [-0.4, -0.2) is 15.5 Å². The van der Waals surface area contributed by atoms with E-state index in [9.17, 15) is 14.4 Å². The molecule has 6 nitrogen and oxygen atoms in total. The zero-order chi connectivity index (χ0) is 17.3. The van der Waals surface area contributed by atoms with Gasteiger partial charge < -0.3 is 5.32 Å². The van der Waals surface area contributed by atoms with E-state index in [2.05, 4.69) is 30.2 Å². The first kappa shape index (κ1) is 16.2. The van der Waals surface area contributed by atoms with Gasteiger partial charge in [0.25, 0.3) is 5.56 Å². The van der Waals surface area contributed by atoms with Crippen LogP contribution >= 0.6 is 0 Å². The third-order valence-electron chi connectivity index (χ3n) is 4.67. The van der Waals surface area contributed by atoms with Crippen molar-refractivity contribution >= 4 is 5.91 Å². The summed E-state index contributed by atoms with van der Waals surface area (Å²) in [6.07, 6.45) is 3.17. The summed E-state index contributed by atoms with van der Waals surface area (Å²) in [5.74, 6) is -0.247. The van der Waals surface area contributed by atoms with Gasteiger partial charge in [0.1, 0.15) is 6.54 Å². The van der Waals surface area contributed by atoms with Gasteiger partial charge in [-0.1, -0.05) is 38.1 Å². The second-order valence-corrected chi connectivity index (χ2v) is 6.87. The Morgan fingerprint density at radius 2 is 2.04 bits per heavy atom. The first-order valence-electron chi connectivity index (χ1n) is 8.05. The van der Waals surface area contributed by atoms with Gasteiger partial charge >= 0.3 is 5.69 Å². The third-order valence-corrected chi connectivity index (χ3v) is 4.67. The molecule has 0 spiro atoms. The van der Waals surface area contributed by atoms with E-state index in [-0.39, 0.29) is 23.9 Å². The molecule has 2 N–H and O–H groups in total. The monoisotopic (exact) mass is 327 g/mol. The van der Waals surface area contributed by atoms with Gasteiger partial charge in [-0.25, -0.2) is 4.79 Å². The van der Waals surface area contributed by atoms with Crippen LogP contribution < -0.4 is 16.6 Å². The van der Waals surface area contributed by atoms with Crippen molar-refractivity contribution in [2.24, 2.45) is 0 Å². The number of benzene rings is 1. The van der Waals surface area contributed by atoms with Crippen molar-refractivity contribution in [2.45, 2.75) is 44.7 Å². The topological polar surface area (TPSA) is 84.0 Å². The molecule has 0 saturated heterocycles. The smallest absolute Gasteiger partial charge is 0.328 e. The summed E-state index contributed by atoms with van der Waals surface area (Å²) in [7, 11) is 0. The van der Waals surface area contributed by atoms with E-state index in [0.717, 1.165) is 18.4 Å². The molecule has 0 bridgehead atoms. The molecule has 1 amide bonds. The van der Waals surface area contributed by atoms with E-state index in [1.54, 1.807) is 0 Å². The average Bonchev–Trinajstić information content (AvgIpc) is 2.53. The molecule has 1 aromatic heterocycles. The zero-order valence-corrected chi connectivity index (χ0v) is 13.8. The van der Waals surface area contributed by atoms with Gasteiger partial charge in [0.15, 0.2) is 0 Å². The largest absolute Gasteiger partial charge is 0.348 e. The molecule has 1 aromatic carbocycles. The van der Waals surface area contributed by atoms with Crippen LogP contribution in [0.2, 0.25) is 0 Å². The van der Waals surface area contributed by atoms with Crippen LogP contribution in [-0.2, 0) is 16.8 Å². The van der Waals surface area contributed by atoms with E-state index in [4.69, 9.17) is 0 Å². The lowest BCUT2D eigenvalue weighted by Crippen LogP contribution is -2.39. The molecule has 3 rings (SSSR count). The Morgan fingerprint density at radius 1 is 1.29 bits per heavy atom. The molecule has 2 aromatic rings. The normalized spacial score (nSPS) is 18.7. The Balaban J connectivity index is 1.78. The van der Waals surface area contributed by atoms with E-state index in [0.29, 0.717) is 0 Å². The minimum absolute atomic E-state index is 0.0554. The predicted molar refractivity (Wildman–Crippen MR) is 90.9 cm³/mol. The standard InChI is InChI=1S/C18H21N3O3/c1-18(2)9-7-14(12-5-3-4-6-13(12)18)19-16(23)11-21-10-8-15(22)20-17(21)24/h3-6,8,10,14H,7,9,11H2,1-2H3,(H,19,23)(H,20,22,24). The van der Waals surface area contributed by atoms with Crippen molar-refractivity contribution in [1.82, 2.24) is 14.9 Å². The maximum absolute atomic E-state index is 12.3. The number of carbonyl (C=O) groups is 1. The van der Waals surface area contributed by atoms with Crippen LogP contribution in [0.3, 0.4) is 0 Å². The molecule has 1 atom stereocenters. The number of hydrogen-bond acceptors (Lipinski definition) is 3. The number of H-pyrrole nitrogens is 1. The number of fused-ring (bicyclic) bond motifs is 1. The van der Waals surface area contributed by atoms with Crippen molar-refractivity contribution < 1.29 is 4.79 Å². The number of rotatable bonds is 3. The molecule has 24 heavy (non-hydrogen) atoms. The number of hydrogen-bond donors (Lipinski definition) is 2. The second kappa shape index (κ2) is 6.11. The molecular weight excluding hydrogens is 306 g/mol. The number of amides is 1. The van der Waals surface area contributed by atoms with Gasteiger partial charge in [0.05, 0.1) is 6.04 Å². The lowest BCUT2D eigenvalue weighted by molar-refractivity contribution is -0.122. The van der Waals surface area contributed by atoms with E-state index >= 15 is 0 Å². The van der Waals surface area contributed by atoms with Gasteiger partial charge in [0, 0.05) is 12.3 Å². The van der Waals surface area contributed by atoms with Crippen LogP contribution in [0.1, 0.15) is 43.9 Å². The van der Waals surface area contributed by atoms with Crippen LogP contribution in [0.5, 0.6) is 0 Å². The van der Waals surface area contributed by atoms with Crippen LogP contribution in [0.25, 0.3) is 0 Å². The maximum atomic E-state index is 12.3. The average molecular weight is 327 g/mol. The molecule has 1 unspecified atom stereocenters. The maximum Gasteiger partial charge on any atom is 0.328 e. The second-order valence-electron chi connectivity index (χ2n) is 6.87. The lowest BCUT2D eigenvalue weighted by atomic mass is 9.71. The summed E-state index contributed by atoms with van der Waals surface area (Å²) < 4.78 is 1.19. The highest BCUT2D eigenvalue weighted by Gasteiger charge is 2.32. The van der Waals surface area contributed by atoms with Gasteiger partial charge in [-0.15, -0.1) is 0 Å². The van der Waals surface area contributed by atoms with Crippen LogP contribution in [0.15, 0.2) is 46.1 Å². The molecule has 1 aliphatic carbocycles. The quantitative estimate of drug-likeness (QED) is 0.895. The summed E-state index contributed by atoms with van der Waals surface area (Å²) in [6.45, 7) is 4.31. The van der Waals surface area contributed by atoms with Crippen molar-refractivity contribution in [2.75, 3.05) is 0 Å². The fourth-order valence-electron chi connectivity index (χ4n) is 3.33. The summed E-state index contributed by atoms with van der Waals surface area (Å²) in [6, 6.07) is 9.33. The Bertz CT molecular complexity index is 879. The van der Waals surface area contributed by atoms with Gasteiger partial charge in [0.2, 0.25) is 5.91 Å². The summed E-state index contributed by atoms with van der Waals surface area (Å²) in [5.41, 5.74) is 1.43. The van der Waals surface area contributed by atoms with Crippen molar-refractivity contribution in [1.29, 1.82) is 0 Å². The molecule has 6 heteroatoms. The molecule has 0 saturated carbocycles. The van der Waals surface area contributed by atoms with Gasteiger partial charge in [-0.3, -0.25) is 19.1 Å². The lowest BCUT2D eigenvalue weighted by Gasteiger charge is -2.37. The SMILES string of the molecule is CC1(C)CCC(NC(=O)Cn2ccc(=O)[nH]c2=O)c2ccccc21. The van der Waals surface area contributed by atoms with Crippen molar-refractivity contribution in [3.63, 3.8) is 0 Å². The molecule has 0 radical (unpaired) electrons. The number of carbonyl (C=O) groups excluding carboxylic acids is 1. The van der Waals surface area contributed by atoms with E-state index in [1.165, 1.54) is 22.4 Å². The fraction of sp³-hybridized carbons (Fsp3) is 0.389. The van der Waals surface area contributed by atoms with Gasteiger partial charge in [-0.05, 0) is 29.4 Å². The van der Waals surface area contributed by atoms with Crippen LogP contribution in [0, 0.1) is 0 Å².